The molecular weight excluding hydrogens is 264 g/mol. The molecule has 0 spiro atoms. The Balaban J connectivity index is 3.49. The molecule has 1 unspecified atom stereocenters. The second kappa shape index (κ2) is 15.0. The lowest BCUT2D eigenvalue weighted by molar-refractivity contribution is -0.136. The van der Waals surface area contributed by atoms with E-state index in [0.717, 1.165) is 32.1 Å². The van der Waals surface area contributed by atoms with Crippen LogP contribution in [0.1, 0.15) is 64.7 Å². The quantitative estimate of drug-likeness (QED) is 0.384. The first-order valence-corrected chi connectivity index (χ1v) is 8.01. The van der Waals surface area contributed by atoms with Gasteiger partial charge in [0, 0.05) is 0 Å². The Hall–Kier alpha value is -1.35. The Morgan fingerprint density at radius 1 is 1.00 bits per heavy atom. The second-order valence-electron chi connectivity index (χ2n) is 5.21. The summed E-state index contributed by atoms with van der Waals surface area (Å²) in [5.41, 5.74) is 0. The molecule has 0 aromatic rings. The fraction of sp³-hybridized carbons (Fsp3) is 0.611. The summed E-state index contributed by atoms with van der Waals surface area (Å²) >= 11 is 0. The van der Waals surface area contributed by atoms with Crippen molar-refractivity contribution in [2.45, 2.75) is 70.8 Å². The van der Waals surface area contributed by atoms with Gasteiger partial charge in [0.2, 0.25) is 0 Å². The van der Waals surface area contributed by atoms with Gasteiger partial charge >= 0.3 is 5.97 Å². The highest BCUT2D eigenvalue weighted by atomic mass is 16.4. The largest absolute Gasteiger partial charge is 0.481 e. The van der Waals surface area contributed by atoms with Crippen LogP contribution in [0.3, 0.4) is 0 Å². The molecule has 0 aromatic carbocycles. The number of aliphatic hydroxyl groups excluding tert-OH is 1. The third-order valence-electron chi connectivity index (χ3n) is 3.11. The van der Waals surface area contributed by atoms with E-state index in [-0.39, 0.29) is 12.5 Å². The Kier molecular flexibility index (Phi) is 14.1. The number of carboxylic acid groups (broad SMARTS) is 1. The van der Waals surface area contributed by atoms with Gasteiger partial charge < -0.3 is 10.2 Å². The lowest BCUT2D eigenvalue weighted by atomic mass is 10.1. The van der Waals surface area contributed by atoms with Crippen LogP contribution in [-0.4, -0.2) is 22.3 Å². The third-order valence-corrected chi connectivity index (χ3v) is 3.11. The first kappa shape index (κ1) is 19.7. The Morgan fingerprint density at radius 3 is 2.43 bits per heavy atom. The van der Waals surface area contributed by atoms with Gasteiger partial charge in [-0.1, -0.05) is 56.2 Å². The summed E-state index contributed by atoms with van der Waals surface area (Å²) in [7, 11) is 0. The van der Waals surface area contributed by atoms with Gasteiger partial charge in [0.15, 0.2) is 0 Å². The molecule has 2 N–H and O–H groups in total. The molecule has 1 atom stereocenters. The van der Waals surface area contributed by atoms with Crippen molar-refractivity contribution in [1.29, 1.82) is 0 Å². The van der Waals surface area contributed by atoms with Crippen molar-refractivity contribution in [3.8, 4) is 0 Å². The van der Waals surface area contributed by atoms with Crippen molar-refractivity contribution in [1.82, 2.24) is 0 Å². The van der Waals surface area contributed by atoms with Gasteiger partial charge in [0.25, 0.3) is 0 Å². The van der Waals surface area contributed by atoms with Gasteiger partial charge in [-0.15, -0.1) is 0 Å². The zero-order chi connectivity index (χ0) is 15.8. The number of carboxylic acids is 1. The molecule has 0 heterocycles. The molecule has 120 valence electrons. The van der Waals surface area contributed by atoms with Crippen LogP contribution in [-0.2, 0) is 4.79 Å². The van der Waals surface area contributed by atoms with Crippen LogP contribution in [0.25, 0.3) is 0 Å². The van der Waals surface area contributed by atoms with E-state index in [0.29, 0.717) is 0 Å². The lowest BCUT2D eigenvalue weighted by Crippen LogP contribution is -2.03. The van der Waals surface area contributed by atoms with Crippen molar-refractivity contribution < 1.29 is 15.0 Å². The molecule has 21 heavy (non-hydrogen) atoms. The second-order valence-corrected chi connectivity index (χ2v) is 5.21. The number of hydrogen-bond donors (Lipinski definition) is 2. The number of hydrogen-bond acceptors (Lipinski definition) is 2. The van der Waals surface area contributed by atoms with Crippen LogP contribution in [0.5, 0.6) is 0 Å². The van der Waals surface area contributed by atoms with Crippen LogP contribution in [0, 0.1) is 0 Å². The average molecular weight is 294 g/mol. The summed E-state index contributed by atoms with van der Waals surface area (Å²) in [5, 5.41) is 18.2. The molecule has 0 radical (unpaired) electrons. The standard InChI is InChI=1S/C18H30O3/c1-2-3-4-5-8-11-14-17(19)15-12-9-6-7-10-13-16-18(20)21/h6,8-11,13,17,19H,2-5,7,12,14-16H2,1H3,(H,20,21)/b9-6-,11-8-,13-10-. The molecule has 0 saturated carbocycles. The minimum atomic E-state index is -0.805. The van der Waals surface area contributed by atoms with Crippen LogP contribution in [0.2, 0.25) is 0 Å². The molecule has 0 aliphatic rings. The van der Waals surface area contributed by atoms with E-state index in [4.69, 9.17) is 5.11 Å². The molecule has 0 rings (SSSR count). The summed E-state index contributed by atoms with van der Waals surface area (Å²) in [6.07, 6.45) is 19.6. The maximum atomic E-state index is 10.3. The summed E-state index contributed by atoms with van der Waals surface area (Å²) in [5.74, 6) is -0.805. The fourth-order valence-electron chi connectivity index (χ4n) is 1.86. The summed E-state index contributed by atoms with van der Waals surface area (Å²) < 4.78 is 0. The highest BCUT2D eigenvalue weighted by molar-refractivity contribution is 5.68. The molecule has 0 fully saturated rings. The lowest BCUT2D eigenvalue weighted by Gasteiger charge is -2.05. The first-order valence-electron chi connectivity index (χ1n) is 8.01. The number of unbranched alkanes of at least 4 members (excludes halogenated alkanes) is 3. The zero-order valence-electron chi connectivity index (χ0n) is 13.2. The summed E-state index contributed by atoms with van der Waals surface area (Å²) in [4.78, 5) is 10.3. The summed E-state index contributed by atoms with van der Waals surface area (Å²) in [6, 6.07) is 0. The maximum Gasteiger partial charge on any atom is 0.307 e. The molecule has 0 bridgehead atoms. The normalized spacial score (nSPS) is 13.6. The highest BCUT2D eigenvalue weighted by Crippen LogP contribution is 2.06. The Labute approximate surface area is 129 Å². The van der Waals surface area contributed by atoms with Crippen LogP contribution in [0.4, 0.5) is 0 Å². The minimum Gasteiger partial charge on any atom is -0.481 e. The Morgan fingerprint density at radius 2 is 1.71 bits per heavy atom. The minimum absolute atomic E-state index is 0.0805. The molecular formula is C18H30O3. The van der Waals surface area contributed by atoms with Crippen LogP contribution >= 0.6 is 0 Å². The highest BCUT2D eigenvalue weighted by Gasteiger charge is 1.98. The molecule has 0 aliphatic heterocycles. The van der Waals surface area contributed by atoms with Gasteiger partial charge in [-0.2, -0.15) is 0 Å². The van der Waals surface area contributed by atoms with Crippen molar-refractivity contribution >= 4 is 5.97 Å². The third kappa shape index (κ3) is 16.6. The Bertz CT molecular complexity index is 329. The van der Waals surface area contributed by atoms with Gasteiger partial charge in [-0.25, -0.2) is 0 Å². The van der Waals surface area contributed by atoms with E-state index in [2.05, 4.69) is 19.1 Å². The van der Waals surface area contributed by atoms with E-state index in [1.807, 2.05) is 18.2 Å². The summed E-state index contributed by atoms with van der Waals surface area (Å²) in [6.45, 7) is 2.20. The molecule has 0 saturated heterocycles. The van der Waals surface area contributed by atoms with Gasteiger partial charge in [0.05, 0.1) is 12.5 Å². The van der Waals surface area contributed by atoms with Crippen molar-refractivity contribution in [3.63, 3.8) is 0 Å². The predicted molar refractivity (Wildman–Crippen MR) is 88.3 cm³/mol. The first-order chi connectivity index (χ1) is 10.2. The van der Waals surface area contributed by atoms with Crippen LogP contribution < -0.4 is 0 Å². The van der Waals surface area contributed by atoms with Gasteiger partial charge in [-0.3, -0.25) is 4.79 Å². The average Bonchev–Trinajstić information content (AvgIpc) is 2.45. The number of carbonyl (C=O) groups is 1. The molecule has 0 aromatic heterocycles. The zero-order valence-corrected chi connectivity index (χ0v) is 13.2. The number of allylic oxidation sites excluding steroid dienone is 4. The predicted octanol–water partition coefficient (Wildman–Crippen LogP) is 4.63. The molecule has 3 heteroatoms. The number of aliphatic hydroxyl groups is 1. The number of rotatable bonds is 13. The fourth-order valence-corrected chi connectivity index (χ4v) is 1.86. The smallest absolute Gasteiger partial charge is 0.307 e. The molecule has 3 nitrogen and oxygen atoms in total. The van der Waals surface area contributed by atoms with Crippen LogP contribution in [0.15, 0.2) is 36.5 Å². The topological polar surface area (TPSA) is 57.5 Å². The van der Waals surface area contributed by atoms with E-state index < -0.39 is 5.97 Å². The van der Waals surface area contributed by atoms with E-state index >= 15 is 0 Å². The van der Waals surface area contributed by atoms with Gasteiger partial charge in [-0.05, 0) is 38.5 Å². The van der Waals surface area contributed by atoms with Crippen molar-refractivity contribution in [2.24, 2.45) is 0 Å². The molecule has 0 amide bonds. The van der Waals surface area contributed by atoms with Gasteiger partial charge in [0.1, 0.15) is 0 Å². The van der Waals surface area contributed by atoms with Crippen molar-refractivity contribution in [3.05, 3.63) is 36.5 Å². The van der Waals surface area contributed by atoms with E-state index in [9.17, 15) is 9.90 Å². The van der Waals surface area contributed by atoms with E-state index in [1.165, 1.54) is 19.3 Å². The van der Waals surface area contributed by atoms with E-state index in [1.54, 1.807) is 6.08 Å². The maximum absolute atomic E-state index is 10.3. The molecule has 0 aliphatic carbocycles. The number of aliphatic carboxylic acids is 1. The van der Waals surface area contributed by atoms with Crippen molar-refractivity contribution in [2.75, 3.05) is 0 Å². The SMILES string of the molecule is CCCCC/C=C\CC(O)CC/C=C\C/C=C\CC(=O)O. The monoisotopic (exact) mass is 294 g/mol.